The van der Waals surface area contributed by atoms with Crippen LogP contribution in [-0.4, -0.2) is 48.4 Å². The molecule has 6 nitrogen and oxygen atoms in total. The summed E-state index contributed by atoms with van der Waals surface area (Å²) in [5.74, 6) is 0.0929. The van der Waals surface area contributed by atoms with E-state index in [-0.39, 0.29) is 42.6 Å². The topological polar surface area (TPSA) is 75.7 Å². The number of likely N-dealkylation sites (tertiary alicyclic amines) is 1. The molecule has 0 unspecified atom stereocenters. The normalized spacial score (nSPS) is 19.2. The van der Waals surface area contributed by atoms with Crippen LogP contribution >= 0.6 is 0 Å². The lowest BCUT2D eigenvalue weighted by molar-refractivity contribution is -0.144. The van der Waals surface area contributed by atoms with Crippen molar-refractivity contribution >= 4 is 17.8 Å². The van der Waals surface area contributed by atoms with E-state index in [2.05, 4.69) is 5.32 Å². The second kappa shape index (κ2) is 7.43. The lowest BCUT2D eigenvalue weighted by atomic mass is 10.0. The molecule has 118 valence electrons. The maximum absolute atomic E-state index is 11.9. The molecule has 0 bridgehead atoms. The van der Waals surface area contributed by atoms with Crippen LogP contribution in [0.1, 0.15) is 45.4 Å². The van der Waals surface area contributed by atoms with Crippen molar-refractivity contribution in [1.82, 2.24) is 10.2 Å². The molecule has 2 aliphatic rings. The van der Waals surface area contributed by atoms with E-state index in [0.29, 0.717) is 6.61 Å². The summed E-state index contributed by atoms with van der Waals surface area (Å²) in [4.78, 5) is 36.8. The predicted molar refractivity (Wildman–Crippen MR) is 76.3 cm³/mol. The van der Waals surface area contributed by atoms with Crippen LogP contribution in [0.4, 0.5) is 0 Å². The number of piperidine rings is 1. The Morgan fingerprint density at radius 2 is 1.76 bits per heavy atom. The Labute approximate surface area is 125 Å². The molecule has 1 N–H and O–H groups in total. The fourth-order valence-electron chi connectivity index (χ4n) is 2.58. The summed E-state index contributed by atoms with van der Waals surface area (Å²) in [6.45, 7) is 3.53. The second-order valence-electron chi connectivity index (χ2n) is 5.75. The van der Waals surface area contributed by atoms with Crippen molar-refractivity contribution in [2.24, 2.45) is 5.92 Å². The van der Waals surface area contributed by atoms with Crippen molar-refractivity contribution in [3.05, 3.63) is 0 Å². The van der Waals surface area contributed by atoms with Crippen LogP contribution in [-0.2, 0) is 19.1 Å². The van der Waals surface area contributed by atoms with Crippen molar-refractivity contribution in [2.75, 3.05) is 19.7 Å². The molecule has 2 fully saturated rings. The van der Waals surface area contributed by atoms with E-state index < -0.39 is 0 Å². The van der Waals surface area contributed by atoms with E-state index >= 15 is 0 Å². The number of esters is 1. The minimum absolute atomic E-state index is 0.114. The van der Waals surface area contributed by atoms with Gasteiger partial charge in [0.15, 0.2) is 0 Å². The van der Waals surface area contributed by atoms with Gasteiger partial charge in [0.2, 0.25) is 11.8 Å². The largest absolute Gasteiger partial charge is 0.466 e. The fraction of sp³-hybridized carbons (Fsp3) is 0.800. The molecule has 1 saturated heterocycles. The van der Waals surface area contributed by atoms with Gasteiger partial charge in [0.25, 0.3) is 0 Å². The van der Waals surface area contributed by atoms with Gasteiger partial charge in [-0.2, -0.15) is 0 Å². The highest BCUT2D eigenvalue weighted by molar-refractivity contribution is 5.82. The Kier molecular flexibility index (Phi) is 5.59. The summed E-state index contributed by atoms with van der Waals surface area (Å²) in [5.41, 5.74) is 0. The van der Waals surface area contributed by atoms with Crippen LogP contribution in [0.3, 0.4) is 0 Å². The number of rotatable bonds is 6. The third kappa shape index (κ3) is 5.02. The molecule has 1 heterocycles. The molecule has 0 atom stereocenters. The van der Waals surface area contributed by atoms with Gasteiger partial charge in [0, 0.05) is 31.5 Å². The van der Waals surface area contributed by atoms with Gasteiger partial charge in [-0.05, 0) is 32.6 Å². The average molecular weight is 296 g/mol. The van der Waals surface area contributed by atoms with E-state index in [1.165, 1.54) is 0 Å². The summed E-state index contributed by atoms with van der Waals surface area (Å²) in [6.07, 6.45) is 3.94. The molecule has 2 amide bonds. The van der Waals surface area contributed by atoms with Crippen LogP contribution in [0.5, 0.6) is 0 Å². The maximum Gasteiger partial charge on any atom is 0.306 e. The Balaban J connectivity index is 1.62. The van der Waals surface area contributed by atoms with Crippen LogP contribution < -0.4 is 5.32 Å². The molecule has 1 saturated carbocycles. The Hall–Kier alpha value is -1.59. The van der Waals surface area contributed by atoms with Gasteiger partial charge in [-0.3, -0.25) is 14.4 Å². The average Bonchev–Trinajstić information content (AvgIpc) is 3.30. The molecule has 0 aromatic rings. The lowest BCUT2D eigenvalue weighted by Gasteiger charge is -2.32. The van der Waals surface area contributed by atoms with Crippen LogP contribution in [0.2, 0.25) is 0 Å². The van der Waals surface area contributed by atoms with Gasteiger partial charge in [-0.15, -0.1) is 0 Å². The van der Waals surface area contributed by atoms with Crippen molar-refractivity contribution in [3.63, 3.8) is 0 Å². The van der Waals surface area contributed by atoms with Gasteiger partial charge in [0.1, 0.15) is 0 Å². The second-order valence-corrected chi connectivity index (χ2v) is 5.75. The first-order valence-electron chi connectivity index (χ1n) is 7.84. The molecule has 0 aromatic carbocycles. The first-order chi connectivity index (χ1) is 10.1. The maximum atomic E-state index is 11.9. The summed E-state index contributed by atoms with van der Waals surface area (Å²) in [6, 6.07) is 0.114. The Morgan fingerprint density at radius 1 is 1.10 bits per heavy atom. The van der Waals surface area contributed by atoms with Crippen molar-refractivity contribution in [1.29, 1.82) is 0 Å². The van der Waals surface area contributed by atoms with E-state index in [1.807, 2.05) is 4.90 Å². The van der Waals surface area contributed by atoms with Crippen LogP contribution in [0.25, 0.3) is 0 Å². The number of ether oxygens (including phenoxy) is 1. The molecule has 0 spiro atoms. The lowest BCUT2D eigenvalue weighted by Crippen LogP contribution is -2.47. The fourth-order valence-corrected chi connectivity index (χ4v) is 2.58. The Bertz CT molecular complexity index is 398. The summed E-state index contributed by atoms with van der Waals surface area (Å²) >= 11 is 0. The van der Waals surface area contributed by atoms with E-state index in [1.54, 1.807) is 6.92 Å². The molecule has 21 heavy (non-hydrogen) atoms. The highest BCUT2D eigenvalue weighted by Gasteiger charge is 2.35. The van der Waals surface area contributed by atoms with Crippen LogP contribution in [0, 0.1) is 5.92 Å². The summed E-state index contributed by atoms with van der Waals surface area (Å²) in [5, 5.41) is 2.94. The minimum atomic E-state index is -0.336. The molecule has 1 aliphatic carbocycles. The van der Waals surface area contributed by atoms with Gasteiger partial charge in [0.05, 0.1) is 13.0 Å². The summed E-state index contributed by atoms with van der Waals surface area (Å²) in [7, 11) is 0. The highest BCUT2D eigenvalue weighted by Crippen LogP contribution is 2.31. The van der Waals surface area contributed by atoms with E-state index in [9.17, 15) is 14.4 Å². The molecular weight excluding hydrogens is 272 g/mol. The molecule has 6 heteroatoms. The summed E-state index contributed by atoms with van der Waals surface area (Å²) < 4.78 is 4.79. The van der Waals surface area contributed by atoms with Crippen LogP contribution in [0.15, 0.2) is 0 Å². The molecule has 2 rings (SSSR count). The first-order valence-corrected chi connectivity index (χ1v) is 7.84. The number of hydrogen-bond donors (Lipinski definition) is 1. The molecular formula is C15H24N2O4. The van der Waals surface area contributed by atoms with E-state index in [4.69, 9.17) is 4.74 Å². The predicted octanol–water partition coefficient (Wildman–Crippen LogP) is 0.847. The van der Waals surface area contributed by atoms with Gasteiger partial charge < -0.3 is 15.0 Å². The third-order valence-corrected chi connectivity index (χ3v) is 3.96. The molecule has 1 aliphatic heterocycles. The monoisotopic (exact) mass is 296 g/mol. The number of amides is 2. The zero-order valence-electron chi connectivity index (χ0n) is 12.6. The molecule has 0 aromatic heterocycles. The SMILES string of the molecule is CCOC(=O)CCC(=O)NC1CCN(C(=O)C2CC2)CC1. The number of hydrogen-bond acceptors (Lipinski definition) is 4. The van der Waals surface area contributed by atoms with Gasteiger partial charge >= 0.3 is 5.97 Å². The standard InChI is InChI=1S/C15H24N2O4/c1-2-21-14(19)6-5-13(18)16-12-7-9-17(10-8-12)15(20)11-3-4-11/h11-12H,2-10H2,1H3,(H,16,18). The van der Waals surface area contributed by atoms with E-state index in [0.717, 1.165) is 38.8 Å². The van der Waals surface area contributed by atoms with Crippen molar-refractivity contribution < 1.29 is 19.1 Å². The third-order valence-electron chi connectivity index (χ3n) is 3.96. The van der Waals surface area contributed by atoms with Crippen molar-refractivity contribution in [3.8, 4) is 0 Å². The van der Waals surface area contributed by atoms with Crippen molar-refractivity contribution in [2.45, 2.75) is 51.5 Å². The zero-order chi connectivity index (χ0) is 15.2. The number of nitrogens with zero attached hydrogens (tertiary/aromatic N) is 1. The molecule has 0 radical (unpaired) electrons. The minimum Gasteiger partial charge on any atom is -0.466 e. The zero-order valence-corrected chi connectivity index (χ0v) is 12.6. The Morgan fingerprint density at radius 3 is 2.33 bits per heavy atom. The number of nitrogens with one attached hydrogen (secondary N) is 1. The smallest absolute Gasteiger partial charge is 0.306 e. The number of carbonyl (C=O) groups is 3. The first kappa shape index (κ1) is 15.8. The number of carbonyl (C=O) groups excluding carboxylic acids is 3. The van der Waals surface area contributed by atoms with Gasteiger partial charge in [-0.25, -0.2) is 0 Å². The quantitative estimate of drug-likeness (QED) is 0.737. The van der Waals surface area contributed by atoms with Gasteiger partial charge in [-0.1, -0.05) is 0 Å². The highest BCUT2D eigenvalue weighted by atomic mass is 16.5.